The average molecular weight is 480 g/mol. The van der Waals surface area contributed by atoms with Gasteiger partial charge >= 0.3 is 5.97 Å². The van der Waals surface area contributed by atoms with Crippen molar-refractivity contribution >= 4 is 34.5 Å². The highest BCUT2D eigenvalue weighted by Gasteiger charge is 2.38. The number of amidine groups is 1. The number of allylic oxidation sites excluding steroid dienone is 1. The summed E-state index contributed by atoms with van der Waals surface area (Å²) in [5.41, 5.74) is 3.31. The number of fused-ring (bicyclic) bond motifs is 1. The van der Waals surface area contributed by atoms with Gasteiger partial charge in [0.25, 0.3) is 5.91 Å². The molecule has 2 heterocycles. The molecular formula is C26H29N3O4S. The molecule has 7 nitrogen and oxygen atoms in total. The molecule has 0 spiro atoms. The van der Waals surface area contributed by atoms with Crippen LogP contribution in [0.3, 0.4) is 0 Å². The number of amides is 1. The van der Waals surface area contributed by atoms with Crippen LogP contribution in [0, 0.1) is 0 Å². The van der Waals surface area contributed by atoms with Crippen molar-refractivity contribution in [3.05, 3.63) is 70.9 Å². The molecule has 0 radical (unpaired) electrons. The molecule has 1 N–H and O–H groups in total. The Kier molecular flexibility index (Phi) is 7.26. The number of esters is 1. The second-order valence-corrected chi connectivity index (χ2v) is 9.48. The van der Waals surface area contributed by atoms with Crippen molar-refractivity contribution in [1.29, 1.82) is 0 Å². The Balaban J connectivity index is 1.62. The van der Waals surface area contributed by atoms with Crippen molar-refractivity contribution in [2.24, 2.45) is 4.99 Å². The third-order valence-electron chi connectivity index (χ3n) is 5.66. The van der Waals surface area contributed by atoms with Gasteiger partial charge in [0.15, 0.2) is 5.17 Å². The molecule has 2 aliphatic heterocycles. The minimum Gasteiger partial charge on any atom is -0.496 e. The molecule has 1 unspecified atom stereocenters. The number of benzene rings is 2. The van der Waals surface area contributed by atoms with Crippen LogP contribution in [0.2, 0.25) is 0 Å². The SMILES string of the molecule is COc1ccccc1C(=O)Nc1ccc(C2C(C(=O)OC(C)C)=C(C)N=C3SCCCN32)cc1. The van der Waals surface area contributed by atoms with E-state index in [0.717, 1.165) is 29.4 Å². The summed E-state index contributed by atoms with van der Waals surface area (Å²) in [6.07, 6.45) is 0.792. The minimum atomic E-state index is -0.343. The maximum absolute atomic E-state index is 13.1. The van der Waals surface area contributed by atoms with E-state index in [1.807, 2.05) is 51.1 Å². The highest BCUT2D eigenvalue weighted by molar-refractivity contribution is 8.13. The summed E-state index contributed by atoms with van der Waals surface area (Å²) in [6.45, 7) is 6.37. The van der Waals surface area contributed by atoms with Crippen molar-refractivity contribution in [3.8, 4) is 5.75 Å². The highest BCUT2D eigenvalue weighted by Crippen LogP contribution is 2.40. The maximum Gasteiger partial charge on any atom is 0.338 e. The van der Waals surface area contributed by atoms with Crippen LogP contribution in [-0.4, -0.2) is 47.5 Å². The fourth-order valence-electron chi connectivity index (χ4n) is 4.13. The quantitative estimate of drug-likeness (QED) is 0.586. The largest absolute Gasteiger partial charge is 0.496 e. The molecule has 1 atom stereocenters. The Labute approximate surface area is 204 Å². The summed E-state index contributed by atoms with van der Waals surface area (Å²) in [6, 6.07) is 14.4. The van der Waals surface area contributed by atoms with Crippen LogP contribution in [0.4, 0.5) is 5.69 Å². The van der Waals surface area contributed by atoms with Gasteiger partial charge in [-0.05, 0) is 57.0 Å². The summed E-state index contributed by atoms with van der Waals surface area (Å²) in [5, 5.41) is 3.86. The van der Waals surface area contributed by atoms with Gasteiger partial charge < -0.3 is 19.7 Å². The Bertz CT molecular complexity index is 1140. The fourth-order valence-corrected chi connectivity index (χ4v) is 5.15. The second-order valence-electron chi connectivity index (χ2n) is 8.42. The van der Waals surface area contributed by atoms with E-state index in [1.54, 1.807) is 37.1 Å². The first-order valence-corrected chi connectivity index (χ1v) is 12.3. The fraction of sp³-hybridized carbons (Fsp3) is 0.346. The van der Waals surface area contributed by atoms with Crippen LogP contribution in [0.1, 0.15) is 49.2 Å². The molecule has 2 aliphatic rings. The molecule has 0 bridgehead atoms. The first-order chi connectivity index (χ1) is 16.4. The Morgan fingerprint density at radius 1 is 1.15 bits per heavy atom. The Morgan fingerprint density at radius 3 is 2.59 bits per heavy atom. The number of nitrogens with zero attached hydrogens (tertiary/aromatic N) is 2. The summed E-state index contributed by atoms with van der Waals surface area (Å²) >= 11 is 1.71. The molecule has 4 rings (SSSR count). The molecule has 1 saturated heterocycles. The van der Waals surface area contributed by atoms with E-state index in [9.17, 15) is 9.59 Å². The van der Waals surface area contributed by atoms with Gasteiger partial charge in [0, 0.05) is 18.0 Å². The number of para-hydroxylation sites is 1. The van der Waals surface area contributed by atoms with E-state index in [2.05, 4.69) is 10.2 Å². The van der Waals surface area contributed by atoms with Crippen LogP contribution < -0.4 is 10.1 Å². The number of hydrogen-bond donors (Lipinski definition) is 1. The van der Waals surface area contributed by atoms with Crippen molar-refractivity contribution < 1.29 is 19.1 Å². The minimum absolute atomic E-state index is 0.220. The molecule has 0 saturated carbocycles. The van der Waals surface area contributed by atoms with E-state index in [4.69, 9.17) is 14.5 Å². The first kappa shape index (κ1) is 23.9. The topological polar surface area (TPSA) is 80.2 Å². The lowest BCUT2D eigenvalue weighted by atomic mass is 9.94. The number of carbonyl (C=O) groups excluding carboxylic acids is 2. The molecule has 34 heavy (non-hydrogen) atoms. The number of hydrogen-bond acceptors (Lipinski definition) is 7. The van der Waals surface area contributed by atoms with Gasteiger partial charge in [-0.1, -0.05) is 36.0 Å². The molecule has 1 fully saturated rings. The predicted octanol–water partition coefficient (Wildman–Crippen LogP) is 5.02. The molecular weight excluding hydrogens is 450 g/mol. The number of ether oxygens (including phenoxy) is 2. The molecule has 0 aromatic heterocycles. The molecule has 8 heteroatoms. The first-order valence-electron chi connectivity index (χ1n) is 11.3. The summed E-state index contributed by atoms with van der Waals surface area (Å²) in [7, 11) is 1.54. The lowest BCUT2D eigenvalue weighted by molar-refractivity contribution is -0.143. The number of rotatable bonds is 6. The molecule has 178 valence electrons. The molecule has 2 aromatic carbocycles. The summed E-state index contributed by atoms with van der Waals surface area (Å²) < 4.78 is 10.9. The van der Waals surface area contributed by atoms with Crippen molar-refractivity contribution in [2.75, 3.05) is 24.7 Å². The van der Waals surface area contributed by atoms with Crippen LogP contribution >= 0.6 is 11.8 Å². The zero-order valence-corrected chi connectivity index (χ0v) is 20.6. The number of aliphatic imine (C=N–C) groups is 1. The van der Waals surface area contributed by atoms with Gasteiger partial charge in [-0.3, -0.25) is 4.79 Å². The van der Waals surface area contributed by atoms with Crippen molar-refractivity contribution in [1.82, 2.24) is 4.90 Å². The number of thioether (sulfide) groups is 1. The van der Waals surface area contributed by atoms with Gasteiger partial charge in [0.1, 0.15) is 5.75 Å². The Hall–Kier alpha value is -3.26. The van der Waals surface area contributed by atoms with E-state index < -0.39 is 0 Å². The third-order valence-corrected chi connectivity index (χ3v) is 6.73. The standard InChI is InChI=1S/C26H29N3O4S/c1-16(2)33-25(31)22-17(3)27-26-29(14-7-15-34-26)23(22)18-10-12-19(13-11-18)28-24(30)20-8-5-6-9-21(20)32-4/h5-6,8-13,16,23H,7,14-15H2,1-4H3,(H,28,30). The maximum atomic E-state index is 13.1. The monoisotopic (exact) mass is 479 g/mol. The number of carbonyl (C=O) groups is 2. The zero-order valence-electron chi connectivity index (χ0n) is 19.8. The molecule has 2 aromatic rings. The highest BCUT2D eigenvalue weighted by atomic mass is 32.2. The third kappa shape index (κ3) is 4.97. The molecule has 1 amide bonds. The van der Waals surface area contributed by atoms with Crippen molar-refractivity contribution in [3.63, 3.8) is 0 Å². The summed E-state index contributed by atoms with van der Waals surface area (Å²) in [4.78, 5) is 32.7. The van der Waals surface area contributed by atoms with Crippen LogP contribution in [0.25, 0.3) is 0 Å². The number of methoxy groups -OCH3 is 1. The Morgan fingerprint density at radius 2 is 1.88 bits per heavy atom. The second kappa shape index (κ2) is 10.3. The van der Waals surface area contributed by atoms with E-state index in [0.29, 0.717) is 28.3 Å². The average Bonchev–Trinajstić information content (AvgIpc) is 2.83. The van der Waals surface area contributed by atoms with Crippen LogP contribution in [0.15, 0.2) is 64.8 Å². The lowest BCUT2D eigenvalue weighted by Crippen LogP contribution is -2.42. The van der Waals surface area contributed by atoms with E-state index in [1.165, 1.54) is 0 Å². The van der Waals surface area contributed by atoms with Gasteiger partial charge in [0.05, 0.1) is 36.1 Å². The van der Waals surface area contributed by atoms with Gasteiger partial charge in [-0.2, -0.15) is 0 Å². The lowest BCUT2D eigenvalue weighted by Gasteiger charge is -2.40. The number of anilines is 1. The summed E-state index contributed by atoms with van der Waals surface area (Å²) in [5.74, 6) is 0.933. The van der Waals surface area contributed by atoms with Crippen LogP contribution in [-0.2, 0) is 9.53 Å². The van der Waals surface area contributed by atoms with E-state index >= 15 is 0 Å². The molecule has 0 aliphatic carbocycles. The van der Waals surface area contributed by atoms with Gasteiger partial charge in [-0.25, -0.2) is 9.79 Å². The smallest absolute Gasteiger partial charge is 0.338 e. The normalized spacial score (nSPS) is 17.7. The van der Waals surface area contributed by atoms with Gasteiger partial charge in [-0.15, -0.1) is 0 Å². The van der Waals surface area contributed by atoms with E-state index in [-0.39, 0.29) is 24.0 Å². The van der Waals surface area contributed by atoms with Crippen LogP contribution in [0.5, 0.6) is 5.75 Å². The van der Waals surface area contributed by atoms with Gasteiger partial charge in [0.2, 0.25) is 0 Å². The zero-order chi connectivity index (χ0) is 24.2. The van der Waals surface area contributed by atoms with Crippen molar-refractivity contribution in [2.45, 2.75) is 39.3 Å². The predicted molar refractivity (Wildman–Crippen MR) is 135 cm³/mol. The number of nitrogens with one attached hydrogen (secondary N) is 1.